The lowest BCUT2D eigenvalue weighted by molar-refractivity contribution is 0.0411. The molecular weight excluding hydrogens is 120 g/mol. The Morgan fingerprint density at radius 2 is 2.44 bits per heavy atom. The van der Waals surface area contributed by atoms with Gasteiger partial charge >= 0.3 is 0 Å². The molecule has 1 saturated heterocycles. The van der Waals surface area contributed by atoms with Gasteiger partial charge in [0.05, 0.1) is 19.3 Å². The molecule has 0 saturated carbocycles. The lowest BCUT2D eigenvalue weighted by Gasteiger charge is -2.11. The van der Waals surface area contributed by atoms with Crippen LogP contribution < -0.4 is 0 Å². The first-order valence-corrected chi connectivity index (χ1v) is 3.21. The van der Waals surface area contributed by atoms with Crippen molar-refractivity contribution in [2.24, 2.45) is 5.92 Å². The predicted molar refractivity (Wildman–Crippen MR) is 32.0 cm³/mol. The smallest absolute Gasteiger partial charge is 0.0821 e. The van der Waals surface area contributed by atoms with Gasteiger partial charge in [-0.2, -0.15) is 0 Å². The van der Waals surface area contributed by atoms with E-state index in [0.717, 1.165) is 13.0 Å². The first-order valence-electron chi connectivity index (χ1n) is 3.21. The summed E-state index contributed by atoms with van der Waals surface area (Å²) in [5.41, 5.74) is 0. The Labute approximate surface area is 54.3 Å². The van der Waals surface area contributed by atoms with Crippen molar-refractivity contribution in [1.29, 1.82) is 0 Å². The highest BCUT2D eigenvalue weighted by molar-refractivity contribution is 4.71. The van der Waals surface area contributed by atoms with Crippen LogP contribution in [0.3, 0.4) is 0 Å². The number of aliphatic hydroxyl groups is 2. The minimum atomic E-state index is -0.576. The minimum Gasteiger partial charge on any atom is -0.394 e. The topological polar surface area (TPSA) is 49.7 Å². The van der Waals surface area contributed by atoms with Crippen LogP contribution in [0, 0.1) is 5.92 Å². The summed E-state index contributed by atoms with van der Waals surface area (Å²) in [6, 6.07) is 0. The zero-order chi connectivity index (χ0) is 6.69. The molecule has 0 aliphatic carbocycles. The first-order chi connectivity index (χ1) is 4.34. The number of hydrogen-bond donors (Lipinski definition) is 2. The van der Waals surface area contributed by atoms with Gasteiger partial charge in [-0.15, -0.1) is 0 Å². The highest BCUT2D eigenvalue weighted by Crippen LogP contribution is 2.15. The van der Waals surface area contributed by atoms with E-state index < -0.39 is 6.10 Å². The molecule has 0 aromatic carbocycles. The van der Waals surface area contributed by atoms with Crippen molar-refractivity contribution in [1.82, 2.24) is 0 Å². The Kier molecular flexibility index (Phi) is 2.45. The molecule has 1 fully saturated rings. The molecule has 2 atom stereocenters. The van der Waals surface area contributed by atoms with Crippen LogP contribution in [0.15, 0.2) is 0 Å². The van der Waals surface area contributed by atoms with Crippen molar-refractivity contribution in [3.05, 3.63) is 0 Å². The van der Waals surface area contributed by atoms with Crippen LogP contribution in [0.4, 0.5) is 0 Å². The third kappa shape index (κ3) is 1.64. The van der Waals surface area contributed by atoms with Crippen LogP contribution in [-0.4, -0.2) is 36.1 Å². The fourth-order valence-corrected chi connectivity index (χ4v) is 1.01. The van der Waals surface area contributed by atoms with Crippen molar-refractivity contribution >= 4 is 0 Å². The maximum absolute atomic E-state index is 9.03. The third-order valence-electron chi connectivity index (χ3n) is 1.70. The average molecular weight is 132 g/mol. The summed E-state index contributed by atoms with van der Waals surface area (Å²) < 4.78 is 5.01. The van der Waals surface area contributed by atoms with Gasteiger partial charge in [0, 0.05) is 12.5 Å². The van der Waals surface area contributed by atoms with E-state index in [9.17, 15) is 0 Å². The molecule has 0 amide bonds. The summed E-state index contributed by atoms with van der Waals surface area (Å²) in [5.74, 6) is 0.162. The summed E-state index contributed by atoms with van der Waals surface area (Å²) in [6.45, 7) is 1.18. The lowest BCUT2D eigenvalue weighted by atomic mass is 10.0. The number of aliphatic hydroxyl groups excluding tert-OH is 2. The molecule has 1 heterocycles. The molecule has 9 heavy (non-hydrogen) atoms. The Morgan fingerprint density at radius 3 is 2.89 bits per heavy atom. The van der Waals surface area contributed by atoms with Gasteiger partial charge < -0.3 is 14.9 Å². The molecule has 1 aliphatic rings. The summed E-state index contributed by atoms with van der Waals surface area (Å²) in [4.78, 5) is 0. The Bertz CT molecular complexity index is 78.4. The van der Waals surface area contributed by atoms with Crippen LogP contribution >= 0.6 is 0 Å². The molecule has 3 heteroatoms. The normalized spacial score (nSPS) is 30.7. The summed E-state index contributed by atoms with van der Waals surface area (Å²) in [7, 11) is 0. The zero-order valence-corrected chi connectivity index (χ0v) is 5.29. The molecule has 1 aliphatic heterocycles. The van der Waals surface area contributed by atoms with Crippen LogP contribution in [0.5, 0.6) is 0 Å². The molecule has 0 aromatic rings. The second-order valence-electron chi connectivity index (χ2n) is 2.37. The predicted octanol–water partition coefficient (Wildman–Crippen LogP) is -0.624. The van der Waals surface area contributed by atoms with Gasteiger partial charge in [0.25, 0.3) is 0 Å². The molecule has 0 radical (unpaired) electrons. The van der Waals surface area contributed by atoms with Crippen molar-refractivity contribution < 1.29 is 14.9 Å². The van der Waals surface area contributed by atoms with Gasteiger partial charge in [-0.1, -0.05) is 0 Å². The second-order valence-corrected chi connectivity index (χ2v) is 2.37. The van der Waals surface area contributed by atoms with Gasteiger partial charge in [-0.05, 0) is 6.42 Å². The first kappa shape index (κ1) is 6.99. The Balaban J connectivity index is 2.24. The second kappa shape index (κ2) is 3.15. The number of rotatable bonds is 2. The van der Waals surface area contributed by atoms with Gasteiger partial charge in [0.2, 0.25) is 0 Å². The van der Waals surface area contributed by atoms with Crippen molar-refractivity contribution in [3.8, 4) is 0 Å². The van der Waals surface area contributed by atoms with Crippen LogP contribution in [0.25, 0.3) is 0 Å². The van der Waals surface area contributed by atoms with Crippen molar-refractivity contribution in [2.45, 2.75) is 12.5 Å². The molecule has 0 aromatic heterocycles. The summed E-state index contributed by atoms with van der Waals surface area (Å²) in [6.07, 6.45) is 0.300. The monoisotopic (exact) mass is 132 g/mol. The van der Waals surface area contributed by atoms with Gasteiger partial charge in [0.15, 0.2) is 0 Å². The average Bonchev–Trinajstić information content (AvgIpc) is 2.37. The molecule has 1 rings (SSSR count). The van der Waals surface area contributed by atoms with E-state index >= 15 is 0 Å². The molecule has 2 unspecified atom stereocenters. The van der Waals surface area contributed by atoms with E-state index in [0.29, 0.717) is 6.61 Å². The highest BCUT2D eigenvalue weighted by atomic mass is 16.5. The fraction of sp³-hybridized carbons (Fsp3) is 1.00. The van der Waals surface area contributed by atoms with Gasteiger partial charge in [-0.25, -0.2) is 0 Å². The highest BCUT2D eigenvalue weighted by Gasteiger charge is 2.22. The molecule has 54 valence electrons. The Hall–Kier alpha value is -0.120. The fourth-order valence-electron chi connectivity index (χ4n) is 1.01. The molecule has 0 spiro atoms. The van der Waals surface area contributed by atoms with E-state index in [4.69, 9.17) is 14.9 Å². The standard InChI is InChI=1S/C6H12O3/c7-3-6(8)5-1-2-9-4-5/h5-8H,1-4H2. The van der Waals surface area contributed by atoms with Crippen LogP contribution in [-0.2, 0) is 4.74 Å². The number of hydrogen-bond acceptors (Lipinski definition) is 3. The van der Waals surface area contributed by atoms with Crippen LogP contribution in [0.1, 0.15) is 6.42 Å². The molecule has 3 nitrogen and oxygen atoms in total. The maximum Gasteiger partial charge on any atom is 0.0821 e. The van der Waals surface area contributed by atoms with E-state index in [1.165, 1.54) is 0 Å². The minimum absolute atomic E-state index is 0.145. The summed E-state index contributed by atoms with van der Waals surface area (Å²) >= 11 is 0. The lowest BCUT2D eigenvalue weighted by Crippen LogP contribution is -2.24. The van der Waals surface area contributed by atoms with E-state index in [1.54, 1.807) is 0 Å². The largest absolute Gasteiger partial charge is 0.394 e. The molecule has 2 N–H and O–H groups in total. The third-order valence-corrected chi connectivity index (χ3v) is 1.70. The van der Waals surface area contributed by atoms with E-state index in [1.807, 2.05) is 0 Å². The SMILES string of the molecule is OCC(O)C1CCOC1. The van der Waals surface area contributed by atoms with Gasteiger partial charge in [0.1, 0.15) is 0 Å². The van der Waals surface area contributed by atoms with Crippen molar-refractivity contribution in [2.75, 3.05) is 19.8 Å². The van der Waals surface area contributed by atoms with E-state index in [2.05, 4.69) is 0 Å². The van der Waals surface area contributed by atoms with Crippen molar-refractivity contribution in [3.63, 3.8) is 0 Å². The maximum atomic E-state index is 9.03. The quantitative estimate of drug-likeness (QED) is 0.526. The van der Waals surface area contributed by atoms with Gasteiger partial charge in [-0.3, -0.25) is 0 Å². The van der Waals surface area contributed by atoms with Crippen LogP contribution in [0.2, 0.25) is 0 Å². The summed E-state index contributed by atoms with van der Waals surface area (Å²) in [5, 5.41) is 17.5. The Morgan fingerprint density at radius 1 is 1.67 bits per heavy atom. The molecular formula is C6H12O3. The number of ether oxygens (including phenoxy) is 1. The zero-order valence-electron chi connectivity index (χ0n) is 5.29. The van der Waals surface area contributed by atoms with E-state index in [-0.39, 0.29) is 12.5 Å². The molecule has 0 bridgehead atoms.